The van der Waals surface area contributed by atoms with Crippen molar-refractivity contribution in [2.45, 2.75) is 38.4 Å². The van der Waals surface area contributed by atoms with Gasteiger partial charge in [-0.1, -0.05) is 19.1 Å². The highest BCUT2D eigenvalue weighted by Gasteiger charge is 2.30. The Morgan fingerprint density at radius 1 is 1.38 bits per heavy atom. The summed E-state index contributed by atoms with van der Waals surface area (Å²) in [7, 11) is 3.74. The molecule has 3 atom stereocenters. The highest BCUT2D eigenvalue weighted by Crippen LogP contribution is 2.26. The Labute approximate surface area is 128 Å². The Hall–Kier alpha value is -1.10. The topological polar surface area (TPSA) is 33.7 Å². The third kappa shape index (κ3) is 3.76. The number of hydrogen-bond donors (Lipinski definition) is 1. The Kier molecular flexibility index (Phi) is 6.03. The van der Waals surface area contributed by atoms with E-state index in [9.17, 15) is 0 Å². The maximum atomic E-state index is 5.62. The summed E-state index contributed by atoms with van der Waals surface area (Å²) in [4.78, 5) is 2.58. The van der Waals surface area contributed by atoms with Crippen LogP contribution in [0.1, 0.15) is 31.9 Å². The van der Waals surface area contributed by atoms with Crippen molar-refractivity contribution >= 4 is 0 Å². The molecule has 0 bridgehead atoms. The van der Waals surface area contributed by atoms with Crippen molar-refractivity contribution in [3.05, 3.63) is 29.8 Å². The van der Waals surface area contributed by atoms with E-state index in [2.05, 4.69) is 36.2 Å². The minimum Gasteiger partial charge on any atom is -0.497 e. The summed E-state index contributed by atoms with van der Waals surface area (Å²) >= 11 is 0. The molecule has 1 heterocycles. The number of methoxy groups -OCH3 is 1. The molecule has 1 aliphatic heterocycles. The molecule has 0 spiro atoms. The second-order valence-electron chi connectivity index (χ2n) is 5.65. The summed E-state index contributed by atoms with van der Waals surface area (Å²) in [6, 6.07) is 9.62. The van der Waals surface area contributed by atoms with Gasteiger partial charge in [0.15, 0.2) is 0 Å². The Balaban J connectivity index is 2.14. The number of nitrogens with zero attached hydrogens (tertiary/aromatic N) is 1. The molecule has 2 rings (SSSR count). The van der Waals surface area contributed by atoms with E-state index in [1.165, 1.54) is 5.56 Å². The first-order valence-corrected chi connectivity index (χ1v) is 7.86. The van der Waals surface area contributed by atoms with Gasteiger partial charge in [-0.05, 0) is 38.1 Å². The maximum Gasteiger partial charge on any atom is 0.118 e. The van der Waals surface area contributed by atoms with E-state index >= 15 is 0 Å². The standard InChI is InChI=1S/C17H28N2O2/c1-5-15-12-21-11-10-19(15)13(2)17(18-3)14-6-8-16(20-4)9-7-14/h6-9,13,15,17-18H,5,10-12H2,1-4H3. The summed E-state index contributed by atoms with van der Waals surface area (Å²) in [6.07, 6.45) is 1.13. The van der Waals surface area contributed by atoms with Crippen LogP contribution in [0, 0.1) is 0 Å². The lowest BCUT2D eigenvalue weighted by atomic mass is 9.97. The average molecular weight is 292 g/mol. The minimum atomic E-state index is 0.308. The fourth-order valence-corrected chi connectivity index (χ4v) is 3.25. The molecule has 4 nitrogen and oxygen atoms in total. The van der Waals surface area contributed by atoms with Crippen LogP contribution in [0.3, 0.4) is 0 Å². The number of likely N-dealkylation sites (N-methyl/N-ethyl adjacent to an activating group) is 1. The summed E-state index contributed by atoms with van der Waals surface area (Å²) in [5.74, 6) is 0.902. The second-order valence-corrected chi connectivity index (χ2v) is 5.65. The van der Waals surface area contributed by atoms with Crippen molar-refractivity contribution in [3.8, 4) is 5.75 Å². The van der Waals surface area contributed by atoms with Gasteiger partial charge in [0, 0.05) is 24.7 Å². The first-order chi connectivity index (χ1) is 10.2. The van der Waals surface area contributed by atoms with Gasteiger partial charge in [0.05, 0.1) is 20.3 Å². The first kappa shape index (κ1) is 16.3. The molecule has 3 unspecified atom stereocenters. The van der Waals surface area contributed by atoms with E-state index in [0.29, 0.717) is 18.1 Å². The van der Waals surface area contributed by atoms with Crippen molar-refractivity contribution < 1.29 is 9.47 Å². The highest BCUT2D eigenvalue weighted by molar-refractivity contribution is 5.29. The zero-order valence-corrected chi connectivity index (χ0v) is 13.6. The van der Waals surface area contributed by atoms with Crippen LogP contribution in [-0.4, -0.2) is 50.9 Å². The molecule has 1 aromatic carbocycles. The largest absolute Gasteiger partial charge is 0.497 e. The summed E-state index contributed by atoms with van der Waals surface area (Å²) < 4.78 is 10.9. The van der Waals surface area contributed by atoms with Crippen LogP contribution >= 0.6 is 0 Å². The smallest absolute Gasteiger partial charge is 0.118 e. The first-order valence-electron chi connectivity index (χ1n) is 7.86. The third-order valence-electron chi connectivity index (χ3n) is 4.54. The normalized spacial score (nSPS) is 22.8. The van der Waals surface area contributed by atoms with Crippen molar-refractivity contribution in [1.82, 2.24) is 10.2 Å². The SMILES string of the molecule is CCC1COCCN1C(C)C(NC)c1ccc(OC)cc1. The quantitative estimate of drug-likeness (QED) is 0.873. The van der Waals surface area contributed by atoms with E-state index in [1.807, 2.05) is 19.2 Å². The molecule has 118 valence electrons. The predicted molar refractivity (Wildman–Crippen MR) is 85.9 cm³/mol. The number of hydrogen-bond acceptors (Lipinski definition) is 4. The predicted octanol–water partition coefficient (Wildman–Crippen LogP) is 2.46. The van der Waals surface area contributed by atoms with Crippen molar-refractivity contribution in [3.63, 3.8) is 0 Å². The number of benzene rings is 1. The van der Waals surface area contributed by atoms with Gasteiger partial charge in [-0.25, -0.2) is 0 Å². The van der Waals surface area contributed by atoms with E-state index in [4.69, 9.17) is 9.47 Å². The van der Waals surface area contributed by atoms with Gasteiger partial charge in [0.2, 0.25) is 0 Å². The van der Waals surface area contributed by atoms with Crippen molar-refractivity contribution in [2.24, 2.45) is 0 Å². The summed E-state index contributed by atoms with van der Waals surface area (Å²) in [5, 5.41) is 3.47. The van der Waals surface area contributed by atoms with Crippen LogP contribution in [0.5, 0.6) is 5.75 Å². The minimum absolute atomic E-state index is 0.308. The van der Waals surface area contributed by atoms with Gasteiger partial charge in [-0.3, -0.25) is 4.90 Å². The second kappa shape index (κ2) is 7.78. The van der Waals surface area contributed by atoms with Gasteiger partial charge < -0.3 is 14.8 Å². The van der Waals surface area contributed by atoms with Crippen LogP contribution in [0.25, 0.3) is 0 Å². The van der Waals surface area contributed by atoms with Crippen LogP contribution in [0.2, 0.25) is 0 Å². The number of morpholine rings is 1. The van der Waals surface area contributed by atoms with Crippen molar-refractivity contribution in [2.75, 3.05) is 33.9 Å². The van der Waals surface area contributed by atoms with E-state index in [0.717, 1.165) is 31.9 Å². The Morgan fingerprint density at radius 2 is 2.10 bits per heavy atom. The molecule has 0 radical (unpaired) electrons. The lowest BCUT2D eigenvalue weighted by molar-refractivity contribution is -0.0334. The monoisotopic (exact) mass is 292 g/mol. The van der Waals surface area contributed by atoms with E-state index < -0.39 is 0 Å². The number of ether oxygens (including phenoxy) is 2. The lowest BCUT2D eigenvalue weighted by Gasteiger charge is -2.42. The Bertz CT molecular complexity index is 421. The van der Waals surface area contributed by atoms with Gasteiger partial charge in [-0.15, -0.1) is 0 Å². The number of rotatable bonds is 6. The average Bonchev–Trinajstić information content (AvgIpc) is 2.56. The highest BCUT2D eigenvalue weighted by atomic mass is 16.5. The Morgan fingerprint density at radius 3 is 2.67 bits per heavy atom. The van der Waals surface area contributed by atoms with Crippen LogP contribution in [-0.2, 0) is 4.74 Å². The molecule has 1 aliphatic rings. The zero-order valence-electron chi connectivity index (χ0n) is 13.6. The molecular weight excluding hydrogens is 264 g/mol. The molecule has 0 saturated carbocycles. The molecule has 0 aliphatic carbocycles. The van der Waals surface area contributed by atoms with Crippen LogP contribution in [0.15, 0.2) is 24.3 Å². The zero-order chi connectivity index (χ0) is 15.2. The molecule has 1 saturated heterocycles. The van der Waals surface area contributed by atoms with E-state index in [1.54, 1.807) is 7.11 Å². The van der Waals surface area contributed by atoms with E-state index in [-0.39, 0.29) is 0 Å². The molecular formula is C17H28N2O2. The van der Waals surface area contributed by atoms with Gasteiger partial charge in [0.1, 0.15) is 5.75 Å². The fraction of sp³-hybridized carbons (Fsp3) is 0.647. The number of nitrogens with one attached hydrogen (secondary N) is 1. The lowest BCUT2D eigenvalue weighted by Crippen LogP contribution is -2.53. The van der Waals surface area contributed by atoms with Gasteiger partial charge >= 0.3 is 0 Å². The molecule has 1 aromatic rings. The molecule has 0 aromatic heterocycles. The molecule has 4 heteroatoms. The molecule has 1 fully saturated rings. The summed E-state index contributed by atoms with van der Waals surface area (Å²) in [6.45, 7) is 7.23. The van der Waals surface area contributed by atoms with Gasteiger partial charge in [0.25, 0.3) is 0 Å². The molecule has 21 heavy (non-hydrogen) atoms. The molecule has 1 N–H and O–H groups in total. The van der Waals surface area contributed by atoms with Crippen molar-refractivity contribution in [1.29, 1.82) is 0 Å². The third-order valence-corrected chi connectivity index (χ3v) is 4.54. The van der Waals surface area contributed by atoms with Crippen LogP contribution in [0.4, 0.5) is 0 Å². The maximum absolute atomic E-state index is 5.62. The fourth-order valence-electron chi connectivity index (χ4n) is 3.25. The molecule has 0 amide bonds. The van der Waals surface area contributed by atoms with Gasteiger partial charge in [-0.2, -0.15) is 0 Å². The van der Waals surface area contributed by atoms with Crippen LogP contribution < -0.4 is 10.1 Å². The summed E-state index contributed by atoms with van der Waals surface area (Å²) in [5.41, 5.74) is 1.30.